The van der Waals surface area contributed by atoms with Crippen LogP contribution in [0.3, 0.4) is 0 Å². The van der Waals surface area contributed by atoms with E-state index in [2.05, 4.69) is 20.6 Å². The number of hydrazine groups is 2. The third-order valence-corrected chi connectivity index (χ3v) is 6.63. The van der Waals surface area contributed by atoms with Crippen LogP contribution in [-0.4, -0.2) is 44.7 Å². The van der Waals surface area contributed by atoms with Crippen molar-refractivity contribution in [3.63, 3.8) is 0 Å². The van der Waals surface area contributed by atoms with E-state index < -0.39 is 18.0 Å². The summed E-state index contributed by atoms with van der Waals surface area (Å²) in [5, 5.41) is 7.75. The van der Waals surface area contributed by atoms with Crippen LogP contribution in [0.5, 0.6) is 5.75 Å². The van der Waals surface area contributed by atoms with Crippen molar-refractivity contribution in [1.82, 2.24) is 30.8 Å². The summed E-state index contributed by atoms with van der Waals surface area (Å²) in [6, 6.07) is 9.11. The van der Waals surface area contributed by atoms with Gasteiger partial charge in [0.15, 0.2) is 0 Å². The second kappa shape index (κ2) is 9.62. The minimum absolute atomic E-state index is 0.0771. The number of benzene rings is 1. The molecule has 2 aliphatic rings. The molecule has 0 saturated carbocycles. The Morgan fingerprint density at radius 1 is 1.09 bits per heavy atom. The van der Waals surface area contributed by atoms with Gasteiger partial charge >= 0.3 is 6.18 Å². The number of aromatic nitrogens is 3. The highest BCUT2D eigenvalue weighted by molar-refractivity contribution is 7.09. The molecule has 0 bridgehead atoms. The molecule has 1 N–H and O–H groups in total. The van der Waals surface area contributed by atoms with E-state index >= 15 is 0 Å². The van der Waals surface area contributed by atoms with Gasteiger partial charge < -0.3 is 9.64 Å². The number of ether oxygens (including phenoxy) is 1. The normalized spacial score (nSPS) is 17.8. The van der Waals surface area contributed by atoms with Gasteiger partial charge in [0.2, 0.25) is 12.2 Å². The minimum Gasteiger partial charge on any atom is -0.463 e. The van der Waals surface area contributed by atoms with Crippen LogP contribution < -0.4 is 15.2 Å². The molecule has 1 unspecified atom stereocenters. The van der Waals surface area contributed by atoms with Gasteiger partial charge in [-0.2, -0.15) is 13.2 Å². The van der Waals surface area contributed by atoms with Gasteiger partial charge in [-0.15, -0.1) is 16.4 Å². The maximum Gasteiger partial charge on any atom is 0.419 e. The average Bonchev–Trinajstić information content (AvgIpc) is 3.52. The lowest BCUT2D eigenvalue weighted by molar-refractivity contribution is -0.138. The van der Waals surface area contributed by atoms with E-state index in [-0.39, 0.29) is 17.2 Å². The van der Waals surface area contributed by atoms with E-state index in [0.717, 1.165) is 30.2 Å². The van der Waals surface area contributed by atoms with Gasteiger partial charge in [0, 0.05) is 36.8 Å². The van der Waals surface area contributed by atoms with Crippen LogP contribution in [0.4, 0.5) is 23.6 Å². The van der Waals surface area contributed by atoms with Gasteiger partial charge in [-0.25, -0.2) is 20.0 Å². The number of piperidine rings is 1. The lowest BCUT2D eigenvalue weighted by Crippen LogP contribution is -2.42. The largest absolute Gasteiger partial charge is 0.463 e. The third-order valence-electron chi connectivity index (χ3n) is 5.60. The average molecular weight is 509 g/mol. The zero-order valence-corrected chi connectivity index (χ0v) is 19.0. The molecular weight excluding hydrogens is 488 g/mol. The third kappa shape index (κ3) is 5.27. The maximum absolute atomic E-state index is 13.5. The molecule has 5 rings (SSSR count). The van der Waals surface area contributed by atoms with Crippen molar-refractivity contribution in [3.8, 4) is 5.75 Å². The molecule has 1 fully saturated rings. The molecule has 1 saturated heterocycles. The number of anilines is 1. The summed E-state index contributed by atoms with van der Waals surface area (Å²) in [4.78, 5) is 14.4. The lowest BCUT2D eigenvalue weighted by Gasteiger charge is -2.31. The van der Waals surface area contributed by atoms with Crippen LogP contribution in [0.1, 0.15) is 41.3 Å². The fraction of sp³-hybridized carbons (Fsp3) is 0.333. The zero-order chi connectivity index (χ0) is 24.4. The molecule has 3 aromatic rings. The van der Waals surface area contributed by atoms with E-state index in [0.29, 0.717) is 24.5 Å². The first kappa shape index (κ1) is 23.2. The van der Waals surface area contributed by atoms with Crippen molar-refractivity contribution >= 4 is 23.6 Å². The summed E-state index contributed by atoms with van der Waals surface area (Å²) in [7, 11) is 0. The first-order chi connectivity index (χ1) is 16.9. The maximum atomic E-state index is 13.5. The SMILES string of the molecule is FN1N=CN(C(Oc2ccccc2)c2csc(C3CCN(c4ncc(C(F)(F)F)cn4)CC3)n2)N1. The zero-order valence-electron chi connectivity index (χ0n) is 18.1. The second-order valence-electron chi connectivity index (χ2n) is 7.92. The monoisotopic (exact) mass is 508 g/mol. The molecule has 0 radical (unpaired) electrons. The van der Waals surface area contributed by atoms with Crippen molar-refractivity contribution in [2.45, 2.75) is 31.2 Å². The Labute approximate surface area is 201 Å². The van der Waals surface area contributed by atoms with Crippen molar-refractivity contribution in [2.75, 3.05) is 18.0 Å². The number of alkyl halides is 3. The lowest BCUT2D eigenvalue weighted by atomic mass is 9.98. The van der Waals surface area contributed by atoms with Crippen LogP contribution in [0.2, 0.25) is 0 Å². The number of hydrogen-bond donors (Lipinski definition) is 1. The standard InChI is InChI=1S/C21H20F4N8OS/c22-21(23,24)15-10-26-20(27-11-15)31-8-6-14(7-9-31)18-29-17(12-35-18)19(32-13-28-33(25)30-32)34-16-4-2-1-3-5-16/h1-5,10-14,19,30H,6-9H2. The number of halogens is 4. The highest BCUT2D eigenvalue weighted by atomic mass is 32.1. The molecule has 2 aromatic heterocycles. The fourth-order valence-electron chi connectivity index (χ4n) is 3.81. The van der Waals surface area contributed by atoms with Crippen LogP contribution in [-0.2, 0) is 6.18 Å². The van der Waals surface area contributed by atoms with E-state index in [1.165, 1.54) is 22.7 Å². The molecule has 14 heteroatoms. The van der Waals surface area contributed by atoms with Crippen LogP contribution in [0.15, 0.2) is 53.2 Å². The Kier molecular flexibility index (Phi) is 6.38. The van der Waals surface area contributed by atoms with Gasteiger partial charge in [0.1, 0.15) is 17.8 Å². The summed E-state index contributed by atoms with van der Waals surface area (Å²) in [6.45, 7) is 1.18. The van der Waals surface area contributed by atoms with Gasteiger partial charge in [-0.3, -0.25) is 0 Å². The first-order valence-electron chi connectivity index (χ1n) is 10.7. The Bertz CT molecular complexity index is 1150. The van der Waals surface area contributed by atoms with Gasteiger partial charge in [-0.1, -0.05) is 28.2 Å². The van der Waals surface area contributed by atoms with Gasteiger partial charge in [0.25, 0.3) is 0 Å². The van der Waals surface area contributed by atoms with Crippen molar-refractivity contribution in [1.29, 1.82) is 0 Å². The Hall–Kier alpha value is -3.52. The topological polar surface area (TPSA) is 82.0 Å². The first-order valence-corrected chi connectivity index (χ1v) is 11.6. The molecule has 1 aromatic carbocycles. The highest BCUT2D eigenvalue weighted by Gasteiger charge is 2.33. The summed E-state index contributed by atoms with van der Waals surface area (Å²) in [5.74, 6) is 1.03. The second-order valence-corrected chi connectivity index (χ2v) is 8.81. The highest BCUT2D eigenvalue weighted by Crippen LogP contribution is 2.34. The molecule has 0 amide bonds. The molecule has 4 heterocycles. The molecule has 0 aliphatic carbocycles. The van der Waals surface area contributed by atoms with Crippen LogP contribution >= 0.6 is 11.3 Å². The number of para-hydroxylation sites is 1. The predicted molar refractivity (Wildman–Crippen MR) is 120 cm³/mol. The van der Waals surface area contributed by atoms with E-state index in [1.807, 2.05) is 28.5 Å². The summed E-state index contributed by atoms with van der Waals surface area (Å²) in [5.41, 5.74) is 2.15. The quantitative estimate of drug-likeness (QED) is 0.391. The van der Waals surface area contributed by atoms with Crippen molar-refractivity contribution in [2.24, 2.45) is 5.10 Å². The van der Waals surface area contributed by atoms with Crippen LogP contribution in [0.25, 0.3) is 0 Å². The molecule has 1 atom stereocenters. The van der Waals surface area contributed by atoms with Gasteiger partial charge in [0.05, 0.1) is 10.6 Å². The van der Waals surface area contributed by atoms with Crippen LogP contribution in [0, 0.1) is 0 Å². The minimum atomic E-state index is -4.46. The fourth-order valence-corrected chi connectivity index (χ4v) is 4.80. The Balaban J connectivity index is 1.26. The summed E-state index contributed by atoms with van der Waals surface area (Å²) in [6.07, 6.45) is -0.852. The number of thiazole rings is 1. The number of nitrogens with one attached hydrogen (secondary N) is 1. The number of hydrogen-bond acceptors (Lipinski definition) is 10. The van der Waals surface area contributed by atoms with Crippen molar-refractivity contribution in [3.05, 3.63) is 64.4 Å². The molecule has 9 nitrogen and oxygen atoms in total. The predicted octanol–water partition coefficient (Wildman–Crippen LogP) is 4.28. The molecular formula is C21H20F4N8OS. The summed E-state index contributed by atoms with van der Waals surface area (Å²) >= 11 is 1.48. The Morgan fingerprint density at radius 3 is 2.43 bits per heavy atom. The van der Waals surface area contributed by atoms with E-state index in [4.69, 9.17) is 9.72 Å². The molecule has 0 spiro atoms. The summed E-state index contributed by atoms with van der Waals surface area (Å²) < 4.78 is 57.8. The van der Waals surface area contributed by atoms with Crippen molar-refractivity contribution < 1.29 is 22.4 Å². The number of rotatable bonds is 6. The van der Waals surface area contributed by atoms with Gasteiger partial charge in [-0.05, 0) is 30.3 Å². The molecule has 184 valence electrons. The number of nitrogens with zero attached hydrogens (tertiary/aromatic N) is 7. The van der Waals surface area contributed by atoms with E-state index in [1.54, 1.807) is 12.1 Å². The number of hydrazone groups is 1. The molecule has 2 aliphatic heterocycles. The molecule has 35 heavy (non-hydrogen) atoms. The van der Waals surface area contributed by atoms with E-state index in [9.17, 15) is 17.7 Å². The Morgan fingerprint density at radius 2 is 1.80 bits per heavy atom. The smallest absolute Gasteiger partial charge is 0.419 e.